The van der Waals surface area contributed by atoms with Gasteiger partial charge in [-0.05, 0) is 31.2 Å². The lowest BCUT2D eigenvalue weighted by Crippen LogP contribution is -2.28. The first-order valence-electron chi connectivity index (χ1n) is 6.47. The van der Waals surface area contributed by atoms with E-state index < -0.39 is 0 Å². The molecule has 0 unspecified atom stereocenters. The highest BCUT2D eigenvalue weighted by Crippen LogP contribution is 2.11. The van der Waals surface area contributed by atoms with Gasteiger partial charge in [-0.1, -0.05) is 0 Å². The van der Waals surface area contributed by atoms with Crippen LogP contribution in [0.4, 0.5) is 0 Å². The number of hydrogen-bond donors (Lipinski definition) is 1. The predicted octanol–water partition coefficient (Wildman–Crippen LogP) is 1.30. The van der Waals surface area contributed by atoms with Crippen molar-refractivity contribution < 1.29 is 9.53 Å². The average molecular weight is 284 g/mol. The van der Waals surface area contributed by atoms with E-state index in [9.17, 15) is 4.79 Å². The Morgan fingerprint density at radius 1 is 1.43 bits per heavy atom. The summed E-state index contributed by atoms with van der Waals surface area (Å²) >= 11 is 0. The van der Waals surface area contributed by atoms with Crippen molar-refractivity contribution in [2.75, 3.05) is 6.61 Å². The number of nitrogens with one attached hydrogen (secondary N) is 1. The molecule has 1 heterocycles. The summed E-state index contributed by atoms with van der Waals surface area (Å²) in [5.41, 5.74) is 2.55. The lowest BCUT2D eigenvalue weighted by molar-refractivity contribution is -0.123. The van der Waals surface area contributed by atoms with Gasteiger partial charge in [-0.15, -0.1) is 0 Å². The van der Waals surface area contributed by atoms with Crippen molar-refractivity contribution in [3.8, 4) is 11.8 Å². The highest BCUT2D eigenvalue weighted by Gasteiger charge is 2.07. The summed E-state index contributed by atoms with van der Waals surface area (Å²) < 4.78 is 7.11. The van der Waals surface area contributed by atoms with Gasteiger partial charge in [0.1, 0.15) is 5.75 Å². The molecule has 108 valence electrons. The number of benzene rings is 1. The Morgan fingerprint density at radius 2 is 2.14 bits per heavy atom. The quantitative estimate of drug-likeness (QED) is 0.897. The molecule has 0 bridgehead atoms. The molecular formula is C15H16N4O2. The molecule has 2 rings (SSSR count). The van der Waals surface area contributed by atoms with Crippen LogP contribution in [0.5, 0.6) is 5.75 Å². The standard InChI is InChI=1S/C15H16N4O2/c1-11-13(9-18-19(11)2)8-17-15(20)10-21-14-5-3-12(7-16)4-6-14/h3-6,9H,8,10H2,1-2H3,(H,17,20). The van der Waals surface area contributed by atoms with Crippen LogP contribution in [-0.4, -0.2) is 22.3 Å². The first kappa shape index (κ1) is 14.6. The molecule has 21 heavy (non-hydrogen) atoms. The van der Waals surface area contributed by atoms with Gasteiger partial charge >= 0.3 is 0 Å². The molecule has 1 aromatic heterocycles. The van der Waals surface area contributed by atoms with E-state index >= 15 is 0 Å². The molecule has 0 saturated heterocycles. The molecule has 1 N–H and O–H groups in total. The summed E-state index contributed by atoms with van der Waals surface area (Å²) in [5, 5.41) is 15.6. The Balaban J connectivity index is 1.79. The molecule has 0 atom stereocenters. The van der Waals surface area contributed by atoms with Crippen LogP contribution in [-0.2, 0) is 18.4 Å². The van der Waals surface area contributed by atoms with Crippen molar-refractivity contribution in [3.63, 3.8) is 0 Å². The summed E-state index contributed by atoms with van der Waals surface area (Å²) in [4.78, 5) is 11.7. The number of nitriles is 1. The van der Waals surface area contributed by atoms with Gasteiger partial charge < -0.3 is 10.1 Å². The Hall–Kier alpha value is -2.81. The minimum Gasteiger partial charge on any atom is -0.484 e. The zero-order valence-electron chi connectivity index (χ0n) is 12.0. The van der Waals surface area contributed by atoms with Gasteiger partial charge in [-0.2, -0.15) is 10.4 Å². The van der Waals surface area contributed by atoms with Crippen molar-refractivity contribution >= 4 is 5.91 Å². The van der Waals surface area contributed by atoms with Gasteiger partial charge in [0.2, 0.25) is 0 Å². The van der Waals surface area contributed by atoms with Gasteiger partial charge in [0.25, 0.3) is 5.91 Å². The van der Waals surface area contributed by atoms with Crippen LogP contribution < -0.4 is 10.1 Å². The summed E-state index contributed by atoms with van der Waals surface area (Å²) in [6, 6.07) is 8.64. The zero-order valence-corrected chi connectivity index (χ0v) is 12.0. The van der Waals surface area contributed by atoms with E-state index in [0.717, 1.165) is 11.3 Å². The smallest absolute Gasteiger partial charge is 0.258 e. The third-order valence-corrected chi connectivity index (χ3v) is 3.17. The summed E-state index contributed by atoms with van der Waals surface area (Å²) in [7, 11) is 1.86. The molecule has 1 amide bonds. The zero-order chi connectivity index (χ0) is 15.2. The van der Waals surface area contributed by atoms with Gasteiger partial charge in [0.15, 0.2) is 6.61 Å². The fraction of sp³-hybridized carbons (Fsp3) is 0.267. The van der Waals surface area contributed by atoms with E-state index in [2.05, 4.69) is 10.4 Å². The van der Waals surface area contributed by atoms with Crippen LogP contribution in [0.3, 0.4) is 0 Å². The second-order valence-corrected chi connectivity index (χ2v) is 4.58. The maximum atomic E-state index is 11.7. The number of ether oxygens (including phenoxy) is 1. The lowest BCUT2D eigenvalue weighted by Gasteiger charge is -2.07. The molecule has 0 spiro atoms. The maximum Gasteiger partial charge on any atom is 0.258 e. The van der Waals surface area contributed by atoms with Crippen LogP contribution in [0.15, 0.2) is 30.5 Å². The summed E-state index contributed by atoms with van der Waals surface area (Å²) in [6.07, 6.45) is 1.73. The number of amides is 1. The molecule has 1 aromatic carbocycles. The predicted molar refractivity (Wildman–Crippen MR) is 76.4 cm³/mol. The Labute approximate surface area is 123 Å². The Morgan fingerprint density at radius 3 is 2.71 bits per heavy atom. The van der Waals surface area contributed by atoms with Crippen LogP contribution in [0.1, 0.15) is 16.8 Å². The van der Waals surface area contributed by atoms with E-state index in [1.54, 1.807) is 35.1 Å². The summed E-state index contributed by atoms with van der Waals surface area (Å²) in [5.74, 6) is 0.351. The minimum atomic E-state index is -0.206. The monoisotopic (exact) mass is 284 g/mol. The van der Waals surface area contributed by atoms with E-state index in [4.69, 9.17) is 10.00 Å². The molecule has 0 aliphatic carbocycles. The van der Waals surface area contributed by atoms with Gasteiger partial charge in [-0.25, -0.2) is 0 Å². The largest absolute Gasteiger partial charge is 0.484 e. The second-order valence-electron chi connectivity index (χ2n) is 4.58. The van der Waals surface area contributed by atoms with Crippen LogP contribution >= 0.6 is 0 Å². The average Bonchev–Trinajstić information content (AvgIpc) is 2.83. The fourth-order valence-electron chi connectivity index (χ4n) is 1.74. The fourth-order valence-corrected chi connectivity index (χ4v) is 1.74. The SMILES string of the molecule is Cc1c(CNC(=O)COc2ccc(C#N)cc2)cnn1C. The molecule has 6 nitrogen and oxygen atoms in total. The van der Waals surface area contributed by atoms with Crippen molar-refractivity contribution in [1.82, 2.24) is 15.1 Å². The van der Waals surface area contributed by atoms with E-state index in [-0.39, 0.29) is 12.5 Å². The number of carbonyl (C=O) groups is 1. The normalized spacial score (nSPS) is 9.95. The van der Waals surface area contributed by atoms with Gasteiger partial charge in [0, 0.05) is 24.8 Å². The Kier molecular flexibility index (Phi) is 4.57. The first-order chi connectivity index (χ1) is 10.1. The molecular weight excluding hydrogens is 268 g/mol. The number of nitrogens with zero attached hydrogens (tertiary/aromatic N) is 3. The second kappa shape index (κ2) is 6.57. The van der Waals surface area contributed by atoms with Gasteiger partial charge in [0.05, 0.1) is 17.8 Å². The molecule has 0 aliphatic rings. The third kappa shape index (κ3) is 3.83. The first-order valence-corrected chi connectivity index (χ1v) is 6.47. The van der Waals surface area contributed by atoms with Crippen molar-refractivity contribution in [2.45, 2.75) is 13.5 Å². The Bertz CT molecular complexity index is 668. The maximum absolute atomic E-state index is 11.7. The minimum absolute atomic E-state index is 0.0643. The number of rotatable bonds is 5. The van der Waals surface area contributed by atoms with E-state index in [1.807, 2.05) is 20.0 Å². The van der Waals surface area contributed by atoms with Crippen molar-refractivity contribution in [3.05, 3.63) is 47.3 Å². The number of carbonyl (C=O) groups excluding carboxylic acids is 1. The molecule has 2 aromatic rings. The van der Waals surface area contributed by atoms with E-state index in [0.29, 0.717) is 17.9 Å². The van der Waals surface area contributed by atoms with Crippen molar-refractivity contribution in [2.24, 2.45) is 7.05 Å². The van der Waals surface area contributed by atoms with Crippen LogP contribution in [0, 0.1) is 18.3 Å². The van der Waals surface area contributed by atoms with Gasteiger partial charge in [-0.3, -0.25) is 9.48 Å². The molecule has 6 heteroatoms. The highest BCUT2D eigenvalue weighted by atomic mass is 16.5. The number of aryl methyl sites for hydroxylation is 1. The number of aromatic nitrogens is 2. The van der Waals surface area contributed by atoms with Crippen molar-refractivity contribution in [1.29, 1.82) is 5.26 Å². The van der Waals surface area contributed by atoms with Crippen LogP contribution in [0.25, 0.3) is 0 Å². The molecule has 0 aliphatic heterocycles. The third-order valence-electron chi connectivity index (χ3n) is 3.17. The highest BCUT2D eigenvalue weighted by molar-refractivity contribution is 5.77. The topological polar surface area (TPSA) is 79.9 Å². The van der Waals surface area contributed by atoms with E-state index in [1.165, 1.54) is 0 Å². The lowest BCUT2D eigenvalue weighted by atomic mass is 10.2. The summed E-state index contributed by atoms with van der Waals surface area (Å²) in [6.45, 7) is 2.31. The molecule has 0 saturated carbocycles. The molecule has 0 fully saturated rings. The molecule has 0 radical (unpaired) electrons. The van der Waals surface area contributed by atoms with Crippen LogP contribution in [0.2, 0.25) is 0 Å². The number of hydrogen-bond acceptors (Lipinski definition) is 4.